The van der Waals surface area contributed by atoms with Gasteiger partial charge in [0.05, 0.1) is 17.6 Å². The van der Waals surface area contributed by atoms with E-state index in [9.17, 15) is 8.42 Å². The number of anilines is 1. The van der Waals surface area contributed by atoms with Crippen molar-refractivity contribution in [1.82, 2.24) is 34.3 Å². The molecule has 140 valence electrons. The summed E-state index contributed by atoms with van der Waals surface area (Å²) < 4.78 is 33.3. The Bertz CT molecular complexity index is 1270. The molecule has 4 heterocycles. The van der Waals surface area contributed by atoms with Gasteiger partial charge in [-0.3, -0.25) is 18.8 Å². The maximum absolute atomic E-state index is 12.9. The summed E-state index contributed by atoms with van der Waals surface area (Å²) in [6.45, 7) is 1.81. The molecule has 0 aliphatic heterocycles. The molecule has 0 bridgehead atoms. The summed E-state index contributed by atoms with van der Waals surface area (Å²) in [5.41, 5.74) is 2.93. The molecule has 4 rings (SSSR count). The molecule has 0 amide bonds. The third-order valence-corrected chi connectivity index (χ3v) is 5.53. The number of aryl methyl sites for hydroxylation is 4. The van der Waals surface area contributed by atoms with Crippen LogP contribution in [0.1, 0.15) is 5.69 Å². The van der Waals surface area contributed by atoms with Crippen molar-refractivity contribution in [3.05, 3.63) is 36.5 Å². The Hall–Kier alpha value is -3.21. The van der Waals surface area contributed by atoms with Gasteiger partial charge in [-0.05, 0) is 13.0 Å². The summed E-state index contributed by atoms with van der Waals surface area (Å²) in [4.78, 5) is 4.31. The summed E-state index contributed by atoms with van der Waals surface area (Å²) in [7, 11) is 1.43. The molecule has 0 aliphatic rings. The first kappa shape index (κ1) is 17.2. The zero-order chi connectivity index (χ0) is 19.3. The molecule has 11 heteroatoms. The molecular weight excluding hydrogens is 368 g/mol. The fourth-order valence-corrected chi connectivity index (χ4v) is 3.98. The largest absolute Gasteiger partial charge is 0.276 e. The van der Waals surface area contributed by atoms with Crippen LogP contribution < -0.4 is 4.72 Å². The minimum Gasteiger partial charge on any atom is -0.276 e. The summed E-state index contributed by atoms with van der Waals surface area (Å²) in [6, 6.07) is 1.58. The van der Waals surface area contributed by atoms with Crippen LogP contribution in [0.4, 0.5) is 5.69 Å². The van der Waals surface area contributed by atoms with Crippen LogP contribution in [0, 0.1) is 6.92 Å². The van der Waals surface area contributed by atoms with E-state index < -0.39 is 10.0 Å². The van der Waals surface area contributed by atoms with E-state index in [1.54, 1.807) is 59.8 Å². The van der Waals surface area contributed by atoms with Crippen LogP contribution in [0.25, 0.3) is 22.3 Å². The molecule has 27 heavy (non-hydrogen) atoms. The average molecular weight is 386 g/mol. The second kappa shape index (κ2) is 5.91. The molecule has 4 aromatic rings. The van der Waals surface area contributed by atoms with Crippen molar-refractivity contribution in [2.75, 3.05) is 4.72 Å². The Morgan fingerprint density at radius 2 is 1.81 bits per heavy atom. The maximum atomic E-state index is 12.9. The lowest BCUT2D eigenvalue weighted by molar-refractivity contribution is 0.601. The Labute approximate surface area is 155 Å². The van der Waals surface area contributed by atoms with Crippen molar-refractivity contribution < 1.29 is 8.42 Å². The monoisotopic (exact) mass is 386 g/mol. The zero-order valence-corrected chi connectivity index (χ0v) is 16.1. The van der Waals surface area contributed by atoms with Crippen LogP contribution in [0.5, 0.6) is 0 Å². The second-order valence-corrected chi connectivity index (χ2v) is 8.01. The predicted molar refractivity (Wildman–Crippen MR) is 99.5 cm³/mol. The van der Waals surface area contributed by atoms with E-state index in [4.69, 9.17) is 0 Å². The van der Waals surface area contributed by atoms with Gasteiger partial charge in [0.2, 0.25) is 0 Å². The number of sulfonamides is 1. The number of fused-ring (bicyclic) bond motifs is 1. The normalized spacial score (nSPS) is 12.0. The summed E-state index contributed by atoms with van der Waals surface area (Å²) in [5.74, 6) is 0. The van der Waals surface area contributed by atoms with Gasteiger partial charge in [-0.2, -0.15) is 15.3 Å². The fourth-order valence-electron chi connectivity index (χ4n) is 2.96. The summed E-state index contributed by atoms with van der Waals surface area (Å²) in [5, 5.41) is 13.4. The molecule has 10 nitrogen and oxygen atoms in total. The lowest BCUT2D eigenvalue weighted by Crippen LogP contribution is -2.13. The van der Waals surface area contributed by atoms with Gasteiger partial charge >= 0.3 is 0 Å². The maximum Gasteiger partial charge on any atom is 0.263 e. The third-order valence-electron chi connectivity index (χ3n) is 4.20. The highest BCUT2D eigenvalue weighted by Crippen LogP contribution is 2.28. The molecule has 0 aromatic carbocycles. The highest BCUT2D eigenvalue weighted by atomic mass is 32.2. The van der Waals surface area contributed by atoms with Crippen molar-refractivity contribution in [1.29, 1.82) is 0 Å². The highest BCUT2D eigenvalue weighted by Gasteiger charge is 2.21. The Morgan fingerprint density at radius 3 is 2.52 bits per heavy atom. The first-order chi connectivity index (χ1) is 12.7. The van der Waals surface area contributed by atoms with Crippen LogP contribution in [0.3, 0.4) is 0 Å². The second-order valence-electron chi connectivity index (χ2n) is 6.32. The van der Waals surface area contributed by atoms with Crippen molar-refractivity contribution in [2.45, 2.75) is 11.8 Å². The van der Waals surface area contributed by atoms with Crippen molar-refractivity contribution >= 4 is 26.7 Å². The first-order valence-electron chi connectivity index (χ1n) is 8.09. The molecule has 0 spiro atoms. The molecule has 0 radical (unpaired) electrons. The van der Waals surface area contributed by atoms with E-state index in [0.29, 0.717) is 28.0 Å². The fraction of sp³-hybridized carbons (Fsp3) is 0.250. The number of pyridine rings is 1. The molecule has 4 aromatic heterocycles. The van der Waals surface area contributed by atoms with E-state index in [1.807, 2.05) is 6.92 Å². The first-order valence-corrected chi connectivity index (χ1v) is 9.58. The van der Waals surface area contributed by atoms with E-state index in [0.717, 1.165) is 5.69 Å². The third kappa shape index (κ3) is 2.95. The Balaban J connectivity index is 1.75. The molecule has 1 N–H and O–H groups in total. The van der Waals surface area contributed by atoms with E-state index in [-0.39, 0.29) is 4.90 Å². The molecule has 0 saturated heterocycles. The van der Waals surface area contributed by atoms with Crippen LogP contribution in [-0.2, 0) is 31.2 Å². The van der Waals surface area contributed by atoms with E-state index in [2.05, 4.69) is 25.0 Å². The van der Waals surface area contributed by atoms with Crippen molar-refractivity contribution in [2.24, 2.45) is 21.1 Å². The zero-order valence-electron chi connectivity index (χ0n) is 15.2. The SMILES string of the molecule is Cc1nn(C)c2ncc(S(=O)(=O)Nc3cn(C)nc3-c3cnn(C)c3)cc12. The molecule has 0 atom stereocenters. The lowest BCUT2D eigenvalue weighted by Gasteiger charge is -2.07. The van der Waals surface area contributed by atoms with Crippen LogP contribution >= 0.6 is 0 Å². The number of nitrogens with zero attached hydrogens (tertiary/aromatic N) is 7. The van der Waals surface area contributed by atoms with Gasteiger partial charge in [-0.15, -0.1) is 0 Å². The van der Waals surface area contributed by atoms with Gasteiger partial charge < -0.3 is 0 Å². The van der Waals surface area contributed by atoms with Gasteiger partial charge in [0.25, 0.3) is 10.0 Å². The minimum atomic E-state index is -3.85. The van der Waals surface area contributed by atoms with Crippen molar-refractivity contribution in [3.63, 3.8) is 0 Å². The Kier molecular flexibility index (Phi) is 3.77. The van der Waals surface area contributed by atoms with Gasteiger partial charge in [0, 0.05) is 50.7 Å². The lowest BCUT2D eigenvalue weighted by atomic mass is 10.2. The molecule has 0 saturated carbocycles. The van der Waals surface area contributed by atoms with Crippen LogP contribution in [0.2, 0.25) is 0 Å². The standard InChI is InChI=1S/C16H18N8O2S/c1-10-13-5-12(7-17-16(13)24(4)19-10)27(25,26)21-14-9-23(3)20-15(14)11-6-18-22(2)8-11/h5-9,21H,1-4H3. The van der Waals surface area contributed by atoms with Gasteiger partial charge in [-0.1, -0.05) is 0 Å². The van der Waals surface area contributed by atoms with Gasteiger partial charge in [0.15, 0.2) is 5.65 Å². The molecular formula is C16H18N8O2S. The smallest absolute Gasteiger partial charge is 0.263 e. The number of hydrogen-bond donors (Lipinski definition) is 1. The van der Waals surface area contributed by atoms with Crippen LogP contribution in [0.15, 0.2) is 35.7 Å². The van der Waals surface area contributed by atoms with Gasteiger partial charge in [0.1, 0.15) is 10.6 Å². The summed E-state index contributed by atoms with van der Waals surface area (Å²) in [6.07, 6.45) is 6.34. The summed E-state index contributed by atoms with van der Waals surface area (Å²) >= 11 is 0. The molecule has 0 unspecified atom stereocenters. The van der Waals surface area contributed by atoms with Crippen molar-refractivity contribution in [3.8, 4) is 11.3 Å². The number of nitrogens with one attached hydrogen (secondary N) is 1. The van der Waals surface area contributed by atoms with Crippen LogP contribution in [-0.4, -0.2) is 42.7 Å². The predicted octanol–water partition coefficient (Wildman–Crippen LogP) is 1.21. The molecule has 0 fully saturated rings. The average Bonchev–Trinajstić information content (AvgIpc) is 3.26. The minimum absolute atomic E-state index is 0.0621. The Morgan fingerprint density at radius 1 is 1.04 bits per heavy atom. The van der Waals surface area contributed by atoms with E-state index in [1.165, 1.54) is 6.20 Å². The number of rotatable bonds is 4. The van der Waals surface area contributed by atoms with E-state index >= 15 is 0 Å². The number of aromatic nitrogens is 7. The molecule has 0 aliphatic carbocycles. The number of hydrogen-bond acceptors (Lipinski definition) is 6. The highest BCUT2D eigenvalue weighted by molar-refractivity contribution is 7.92. The van der Waals surface area contributed by atoms with Gasteiger partial charge in [-0.25, -0.2) is 13.4 Å². The quantitative estimate of drug-likeness (QED) is 0.564. The topological polar surface area (TPSA) is 113 Å².